The molecule has 3 aromatic rings. The van der Waals surface area contributed by atoms with Crippen LogP contribution in [0.2, 0.25) is 0 Å². The van der Waals surface area contributed by atoms with Crippen molar-refractivity contribution < 1.29 is 19.1 Å². The van der Waals surface area contributed by atoms with Gasteiger partial charge in [-0.2, -0.15) is 0 Å². The van der Waals surface area contributed by atoms with E-state index in [1.807, 2.05) is 24.1 Å². The molecule has 1 aromatic heterocycles. The molecule has 1 amide bonds. The fourth-order valence-corrected chi connectivity index (χ4v) is 7.97. The monoisotopic (exact) mass is 510 g/mol. The topological polar surface area (TPSA) is 66.2 Å². The van der Waals surface area contributed by atoms with E-state index in [2.05, 4.69) is 47.4 Å². The standard InChI is InChI=1S/C32H34N2O4/c1-33(28(35)11-10-23-14-19-37-21-23)25-12-15-32(36)27-20-24-8-5-9-26-29(24)31(32,30(25)38-26)16-18-34(27)17-13-22-6-3-2-4-7-22/h2-11,14,19,21,25,27,30,36H,12-13,15-18,20H2,1H3/b11-10+/t25-,27-,30+,31+,32-/m1/s1. The molecule has 2 aliphatic heterocycles. The van der Waals surface area contributed by atoms with Gasteiger partial charge in [-0.15, -0.1) is 0 Å². The summed E-state index contributed by atoms with van der Waals surface area (Å²) in [6.45, 7) is 1.84. The van der Waals surface area contributed by atoms with Crippen LogP contribution in [0.5, 0.6) is 5.75 Å². The van der Waals surface area contributed by atoms with Crippen LogP contribution in [0.4, 0.5) is 0 Å². The number of aliphatic hydroxyl groups is 1. The van der Waals surface area contributed by atoms with Crippen LogP contribution in [0.15, 0.2) is 77.6 Å². The molecule has 2 aromatic carbocycles. The molecule has 196 valence electrons. The van der Waals surface area contributed by atoms with Gasteiger partial charge in [0.15, 0.2) is 0 Å². The van der Waals surface area contributed by atoms with Crippen molar-refractivity contribution in [3.8, 4) is 5.75 Å². The summed E-state index contributed by atoms with van der Waals surface area (Å²) in [6, 6.07) is 18.7. The Morgan fingerprint density at radius 1 is 1.16 bits per heavy atom. The number of rotatable bonds is 6. The van der Waals surface area contributed by atoms with Crippen molar-refractivity contribution in [3.05, 3.63) is 95.5 Å². The number of carbonyl (C=O) groups excluding carboxylic acids is 1. The van der Waals surface area contributed by atoms with E-state index in [1.54, 1.807) is 24.7 Å². The molecular formula is C32H34N2O4. The minimum Gasteiger partial charge on any atom is -0.487 e. The quantitative estimate of drug-likeness (QED) is 0.503. The third-order valence-corrected chi connectivity index (χ3v) is 9.78. The summed E-state index contributed by atoms with van der Waals surface area (Å²) in [7, 11) is 1.87. The van der Waals surface area contributed by atoms with Gasteiger partial charge < -0.3 is 19.2 Å². The Morgan fingerprint density at radius 3 is 2.84 bits per heavy atom. The van der Waals surface area contributed by atoms with E-state index < -0.39 is 11.0 Å². The minimum absolute atomic E-state index is 0.0369. The Kier molecular flexibility index (Phi) is 5.53. The van der Waals surface area contributed by atoms with Gasteiger partial charge in [-0.05, 0) is 68.0 Å². The molecule has 6 nitrogen and oxygen atoms in total. The summed E-state index contributed by atoms with van der Waals surface area (Å²) < 4.78 is 11.9. The second-order valence-electron chi connectivity index (χ2n) is 11.4. The van der Waals surface area contributed by atoms with Gasteiger partial charge in [0, 0.05) is 36.8 Å². The molecule has 5 atom stereocenters. The SMILES string of the molecule is CN(C(=O)/C=C/c1ccoc1)[C@@H]1CC[C@@]2(O)[C@H]3Cc4cccc5c4[C@@]2(CCN3CCc2ccccc2)[C@H]1O5. The predicted molar refractivity (Wildman–Crippen MR) is 145 cm³/mol. The van der Waals surface area contributed by atoms with Crippen LogP contribution >= 0.6 is 0 Å². The highest BCUT2D eigenvalue weighted by Crippen LogP contribution is 2.64. The van der Waals surface area contributed by atoms with Crippen LogP contribution in [0.25, 0.3) is 6.08 Å². The zero-order chi connectivity index (χ0) is 25.9. The maximum Gasteiger partial charge on any atom is 0.246 e. The fourth-order valence-electron chi connectivity index (χ4n) is 7.97. The van der Waals surface area contributed by atoms with Crippen LogP contribution in [-0.2, 0) is 23.1 Å². The molecule has 1 spiro atoms. The Bertz CT molecular complexity index is 1370. The number of amides is 1. The largest absolute Gasteiger partial charge is 0.487 e. The molecule has 6 heteroatoms. The van der Waals surface area contributed by atoms with Crippen molar-refractivity contribution in [3.63, 3.8) is 0 Å². The first-order valence-corrected chi connectivity index (χ1v) is 13.8. The van der Waals surface area contributed by atoms with E-state index in [4.69, 9.17) is 9.15 Å². The van der Waals surface area contributed by atoms with Crippen molar-refractivity contribution in [2.75, 3.05) is 20.1 Å². The van der Waals surface area contributed by atoms with Crippen LogP contribution in [-0.4, -0.2) is 64.7 Å². The molecule has 3 heterocycles. The van der Waals surface area contributed by atoms with Crippen molar-refractivity contribution in [1.29, 1.82) is 0 Å². The summed E-state index contributed by atoms with van der Waals surface area (Å²) in [4.78, 5) is 17.6. The lowest BCUT2D eigenvalue weighted by Crippen LogP contribution is -2.78. The second kappa shape index (κ2) is 8.85. The van der Waals surface area contributed by atoms with E-state index in [1.165, 1.54) is 16.7 Å². The third-order valence-electron chi connectivity index (χ3n) is 9.78. The molecule has 1 saturated heterocycles. The molecule has 1 N–H and O–H groups in total. The number of likely N-dealkylation sites (N-methyl/N-ethyl adjacent to an activating group) is 1. The Hall–Kier alpha value is -3.35. The van der Waals surface area contributed by atoms with Crippen LogP contribution in [0, 0.1) is 0 Å². The molecular weight excluding hydrogens is 476 g/mol. The Labute approximate surface area is 223 Å². The van der Waals surface area contributed by atoms with E-state index in [-0.39, 0.29) is 24.1 Å². The first-order chi connectivity index (χ1) is 18.5. The zero-order valence-corrected chi connectivity index (χ0v) is 21.8. The van der Waals surface area contributed by atoms with E-state index >= 15 is 0 Å². The minimum atomic E-state index is -0.890. The molecule has 2 fully saturated rings. The maximum absolute atomic E-state index is 13.3. The number of hydrogen-bond donors (Lipinski definition) is 1. The van der Waals surface area contributed by atoms with Crippen LogP contribution < -0.4 is 4.74 Å². The number of benzene rings is 2. The van der Waals surface area contributed by atoms with Crippen molar-refractivity contribution in [2.24, 2.45) is 0 Å². The molecule has 7 rings (SSSR count). The van der Waals surface area contributed by atoms with Gasteiger partial charge in [-0.3, -0.25) is 9.69 Å². The highest BCUT2D eigenvalue weighted by atomic mass is 16.5. The average molecular weight is 511 g/mol. The number of carbonyl (C=O) groups is 1. The van der Waals surface area contributed by atoms with Gasteiger partial charge >= 0.3 is 0 Å². The molecule has 4 aliphatic rings. The van der Waals surface area contributed by atoms with E-state index in [0.717, 1.165) is 43.7 Å². The predicted octanol–water partition coefficient (Wildman–Crippen LogP) is 4.22. The normalized spacial score (nSPS) is 31.2. The number of furan rings is 1. The Morgan fingerprint density at radius 2 is 2.03 bits per heavy atom. The van der Waals surface area contributed by atoms with Gasteiger partial charge in [0.25, 0.3) is 0 Å². The number of nitrogens with zero attached hydrogens (tertiary/aromatic N) is 2. The van der Waals surface area contributed by atoms with Gasteiger partial charge in [0.1, 0.15) is 11.9 Å². The lowest BCUT2D eigenvalue weighted by Gasteiger charge is -2.64. The Balaban J connectivity index is 1.21. The number of ether oxygens (including phenoxy) is 1. The van der Waals surface area contributed by atoms with Crippen molar-refractivity contribution in [1.82, 2.24) is 9.80 Å². The zero-order valence-electron chi connectivity index (χ0n) is 21.8. The maximum atomic E-state index is 13.3. The lowest BCUT2D eigenvalue weighted by atomic mass is 9.48. The molecule has 38 heavy (non-hydrogen) atoms. The molecule has 0 radical (unpaired) electrons. The van der Waals surface area contributed by atoms with E-state index in [9.17, 15) is 9.90 Å². The van der Waals surface area contributed by atoms with E-state index in [0.29, 0.717) is 12.8 Å². The smallest absolute Gasteiger partial charge is 0.246 e. The lowest BCUT2D eigenvalue weighted by molar-refractivity contribution is -0.199. The molecule has 0 unspecified atom stereocenters. The second-order valence-corrected chi connectivity index (χ2v) is 11.4. The van der Waals surface area contributed by atoms with Crippen LogP contribution in [0.1, 0.15) is 41.5 Å². The summed E-state index contributed by atoms with van der Waals surface area (Å²) >= 11 is 0. The fraction of sp³-hybridized carbons (Fsp3) is 0.406. The molecule has 1 saturated carbocycles. The van der Waals surface area contributed by atoms with Gasteiger partial charge in [-0.25, -0.2) is 0 Å². The van der Waals surface area contributed by atoms with Crippen molar-refractivity contribution >= 4 is 12.0 Å². The molecule has 2 bridgehead atoms. The van der Waals surface area contributed by atoms with Gasteiger partial charge in [0.2, 0.25) is 5.91 Å². The summed E-state index contributed by atoms with van der Waals surface area (Å²) in [6.07, 6.45) is 10.3. The molecule has 2 aliphatic carbocycles. The third kappa shape index (κ3) is 3.36. The van der Waals surface area contributed by atoms with Crippen molar-refractivity contribution in [2.45, 2.75) is 61.3 Å². The first kappa shape index (κ1) is 23.7. The number of hydrogen-bond acceptors (Lipinski definition) is 5. The highest BCUT2D eigenvalue weighted by Gasteiger charge is 2.72. The van der Waals surface area contributed by atoms with Gasteiger partial charge in [0.05, 0.1) is 29.6 Å². The summed E-state index contributed by atoms with van der Waals surface area (Å²) in [5.74, 6) is 0.828. The summed E-state index contributed by atoms with van der Waals surface area (Å²) in [5, 5.41) is 12.7. The first-order valence-electron chi connectivity index (χ1n) is 13.8. The van der Waals surface area contributed by atoms with Crippen LogP contribution in [0.3, 0.4) is 0 Å². The highest BCUT2D eigenvalue weighted by molar-refractivity contribution is 5.91. The van der Waals surface area contributed by atoms with Gasteiger partial charge in [-0.1, -0.05) is 42.5 Å². The number of likely N-dealkylation sites (tertiary alicyclic amines) is 1. The average Bonchev–Trinajstić information content (AvgIpc) is 3.57. The summed E-state index contributed by atoms with van der Waals surface area (Å²) in [5.41, 5.74) is 3.28. The number of piperidine rings is 1.